The average molecular weight is 420 g/mol. The van der Waals surface area contributed by atoms with Crippen LogP contribution in [0, 0.1) is 0 Å². The maximum atomic E-state index is 11.7. The van der Waals surface area contributed by atoms with Crippen molar-refractivity contribution in [2.24, 2.45) is 0 Å². The summed E-state index contributed by atoms with van der Waals surface area (Å²) in [6.45, 7) is 0.673. The number of hydrogen-bond acceptors (Lipinski definition) is 2. The lowest BCUT2D eigenvalue weighted by Crippen LogP contribution is -2.08. The summed E-state index contributed by atoms with van der Waals surface area (Å²) < 4.78 is 7.41. The molecule has 1 atom stereocenters. The van der Waals surface area contributed by atoms with Crippen LogP contribution in [0.25, 0.3) is 10.9 Å². The lowest BCUT2D eigenvalue weighted by Gasteiger charge is -2.16. The summed E-state index contributed by atoms with van der Waals surface area (Å²) in [6.07, 6.45) is 2.03. The first-order chi connectivity index (χ1) is 14.6. The average Bonchev–Trinajstić information content (AvgIpc) is 3.11. The van der Waals surface area contributed by atoms with Gasteiger partial charge in [-0.15, -0.1) is 0 Å². The van der Waals surface area contributed by atoms with E-state index in [2.05, 4.69) is 16.8 Å². The van der Waals surface area contributed by atoms with E-state index in [1.165, 1.54) is 0 Å². The number of rotatable bonds is 7. The third kappa shape index (κ3) is 4.05. The Morgan fingerprint density at radius 2 is 1.70 bits per heavy atom. The Morgan fingerprint density at radius 1 is 1.00 bits per heavy atom. The van der Waals surface area contributed by atoms with E-state index >= 15 is 0 Å². The Balaban J connectivity index is 1.81. The molecule has 0 radical (unpaired) electrons. The normalized spacial score (nSPS) is 12.1. The molecule has 1 aromatic heterocycles. The van der Waals surface area contributed by atoms with Crippen molar-refractivity contribution in [2.75, 3.05) is 7.11 Å². The Kier molecular flexibility index (Phi) is 5.77. The highest BCUT2D eigenvalue weighted by Crippen LogP contribution is 2.37. The fourth-order valence-corrected chi connectivity index (χ4v) is 4.20. The first-order valence-corrected chi connectivity index (χ1v) is 10.1. The van der Waals surface area contributed by atoms with Crippen LogP contribution in [-0.4, -0.2) is 22.8 Å². The maximum Gasteiger partial charge on any atom is 0.304 e. The number of ether oxygens (including phenoxy) is 1. The molecular formula is C25H22ClNO3. The molecule has 1 N–H and O–H groups in total. The van der Waals surface area contributed by atoms with Gasteiger partial charge in [-0.3, -0.25) is 4.79 Å². The molecule has 5 heteroatoms. The van der Waals surface area contributed by atoms with E-state index in [4.69, 9.17) is 16.3 Å². The predicted molar refractivity (Wildman–Crippen MR) is 120 cm³/mol. The lowest BCUT2D eigenvalue weighted by atomic mass is 9.88. The Bertz CT molecular complexity index is 1180. The predicted octanol–water partition coefficient (Wildman–Crippen LogP) is 5.96. The van der Waals surface area contributed by atoms with Crippen LogP contribution in [0.15, 0.2) is 79.0 Å². The van der Waals surface area contributed by atoms with Crippen molar-refractivity contribution >= 4 is 28.5 Å². The van der Waals surface area contributed by atoms with Gasteiger partial charge in [0.2, 0.25) is 0 Å². The van der Waals surface area contributed by atoms with Gasteiger partial charge in [-0.2, -0.15) is 0 Å². The van der Waals surface area contributed by atoms with E-state index in [0.29, 0.717) is 11.6 Å². The van der Waals surface area contributed by atoms with E-state index < -0.39 is 5.97 Å². The number of halogens is 1. The van der Waals surface area contributed by atoms with Gasteiger partial charge >= 0.3 is 5.97 Å². The molecule has 0 fully saturated rings. The fraction of sp³-hybridized carbons (Fsp3) is 0.160. The molecule has 0 aliphatic carbocycles. The van der Waals surface area contributed by atoms with Gasteiger partial charge in [-0.25, -0.2) is 0 Å². The topological polar surface area (TPSA) is 51.5 Å². The van der Waals surface area contributed by atoms with Crippen LogP contribution in [0.1, 0.15) is 29.0 Å². The Labute approximate surface area is 180 Å². The number of fused-ring (bicyclic) bond motifs is 1. The van der Waals surface area contributed by atoms with Crippen LogP contribution in [0.4, 0.5) is 0 Å². The highest BCUT2D eigenvalue weighted by Gasteiger charge is 2.24. The van der Waals surface area contributed by atoms with E-state index in [1.54, 1.807) is 7.11 Å². The molecule has 4 rings (SSSR count). The van der Waals surface area contributed by atoms with Gasteiger partial charge in [-0.05, 0) is 41.0 Å². The summed E-state index contributed by atoms with van der Waals surface area (Å²) in [4.78, 5) is 11.7. The van der Waals surface area contributed by atoms with Crippen molar-refractivity contribution < 1.29 is 14.6 Å². The van der Waals surface area contributed by atoms with E-state index in [1.807, 2.05) is 66.7 Å². The molecular weight excluding hydrogens is 398 g/mol. The van der Waals surface area contributed by atoms with Crippen LogP contribution in [0.3, 0.4) is 0 Å². The molecule has 0 bridgehead atoms. The minimum absolute atomic E-state index is 0.0275. The smallest absolute Gasteiger partial charge is 0.304 e. The first kappa shape index (κ1) is 20.0. The summed E-state index contributed by atoms with van der Waals surface area (Å²) in [5, 5.41) is 11.2. The van der Waals surface area contributed by atoms with Crippen LogP contribution >= 0.6 is 11.6 Å². The molecule has 1 heterocycles. The Morgan fingerprint density at radius 3 is 2.40 bits per heavy atom. The highest BCUT2D eigenvalue weighted by atomic mass is 35.5. The summed E-state index contributed by atoms with van der Waals surface area (Å²) in [7, 11) is 1.65. The van der Waals surface area contributed by atoms with Crippen molar-refractivity contribution in [3.05, 3.63) is 101 Å². The summed E-state index contributed by atoms with van der Waals surface area (Å²) in [5.74, 6) is -0.373. The number of methoxy groups -OCH3 is 1. The fourth-order valence-electron chi connectivity index (χ4n) is 3.93. The van der Waals surface area contributed by atoms with Gasteiger partial charge in [0.25, 0.3) is 0 Å². The number of benzene rings is 3. The third-order valence-electron chi connectivity index (χ3n) is 5.37. The molecule has 4 nitrogen and oxygen atoms in total. The molecule has 3 aromatic carbocycles. The number of hydrogen-bond donors (Lipinski definition) is 1. The zero-order chi connectivity index (χ0) is 21.1. The van der Waals surface area contributed by atoms with Crippen molar-refractivity contribution in [2.45, 2.75) is 18.9 Å². The van der Waals surface area contributed by atoms with Crippen molar-refractivity contribution in [1.82, 2.24) is 4.57 Å². The van der Waals surface area contributed by atoms with Gasteiger partial charge in [0.15, 0.2) is 0 Å². The van der Waals surface area contributed by atoms with E-state index in [0.717, 1.165) is 33.3 Å². The number of carboxylic acid groups (broad SMARTS) is 1. The molecule has 0 spiro atoms. The van der Waals surface area contributed by atoms with Crippen LogP contribution < -0.4 is 4.74 Å². The number of carbonyl (C=O) groups is 1. The van der Waals surface area contributed by atoms with E-state index in [9.17, 15) is 9.90 Å². The molecule has 30 heavy (non-hydrogen) atoms. The lowest BCUT2D eigenvalue weighted by molar-refractivity contribution is -0.137. The number of para-hydroxylation sites is 1. The van der Waals surface area contributed by atoms with Gasteiger partial charge < -0.3 is 14.4 Å². The SMILES string of the molecule is COc1ccc(Cn2cc(C(CC(=O)O)c3ccccc3Cl)c3ccccc32)cc1. The second-order valence-corrected chi connectivity index (χ2v) is 7.66. The number of carboxylic acids is 1. The highest BCUT2D eigenvalue weighted by molar-refractivity contribution is 6.31. The molecule has 0 amide bonds. The van der Waals surface area contributed by atoms with Crippen LogP contribution in [0.2, 0.25) is 5.02 Å². The number of aliphatic carboxylic acids is 1. The number of nitrogens with zero attached hydrogens (tertiary/aromatic N) is 1. The number of aromatic nitrogens is 1. The largest absolute Gasteiger partial charge is 0.497 e. The van der Waals surface area contributed by atoms with Crippen LogP contribution in [-0.2, 0) is 11.3 Å². The van der Waals surface area contributed by atoms with E-state index in [-0.39, 0.29) is 12.3 Å². The molecule has 0 saturated carbocycles. The zero-order valence-corrected chi connectivity index (χ0v) is 17.3. The van der Waals surface area contributed by atoms with Crippen LogP contribution in [0.5, 0.6) is 5.75 Å². The molecule has 1 unspecified atom stereocenters. The third-order valence-corrected chi connectivity index (χ3v) is 5.71. The minimum Gasteiger partial charge on any atom is -0.497 e. The van der Waals surface area contributed by atoms with Crippen molar-refractivity contribution in [3.8, 4) is 5.75 Å². The monoisotopic (exact) mass is 419 g/mol. The van der Waals surface area contributed by atoms with Gasteiger partial charge in [0.1, 0.15) is 5.75 Å². The zero-order valence-electron chi connectivity index (χ0n) is 16.6. The van der Waals surface area contributed by atoms with Gasteiger partial charge in [0, 0.05) is 34.6 Å². The first-order valence-electron chi connectivity index (χ1n) is 9.73. The maximum absolute atomic E-state index is 11.7. The minimum atomic E-state index is -0.855. The van der Waals surface area contributed by atoms with Gasteiger partial charge in [-0.1, -0.05) is 60.1 Å². The summed E-state index contributed by atoms with van der Waals surface area (Å²) >= 11 is 6.46. The standard InChI is InChI=1S/C25H22ClNO3/c1-30-18-12-10-17(11-13-18)15-27-16-22(20-7-3-5-9-24(20)27)21(14-25(28)29)19-6-2-4-8-23(19)26/h2-13,16,21H,14-15H2,1H3,(H,28,29). The molecule has 0 saturated heterocycles. The molecule has 152 valence electrons. The molecule has 0 aliphatic rings. The van der Waals surface area contributed by atoms with Gasteiger partial charge in [0.05, 0.1) is 13.5 Å². The second kappa shape index (κ2) is 8.64. The summed E-state index contributed by atoms with van der Waals surface area (Å²) in [5.41, 5.74) is 3.99. The molecule has 4 aromatic rings. The second-order valence-electron chi connectivity index (χ2n) is 7.25. The van der Waals surface area contributed by atoms with Crippen molar-refractivity contribution in [1.29, 1.82) is 0 Å². The quantitative estimate of drug-likeness (QED) is 0.402. The van der Waals surface area contributed by atoms with Crippen molar-refractivity contribution in [3.63, 3.8) is 0 Å². The Hall–Kier alpha value is -3.24. The summed E-state index contributed by atoms with van der Waals surface area (Å²) in [6, 6.07) is 23.5. The molecule has 0 aliphatic heterocycles.